The van der Waals surface area contributed by atoms with Crippen molar-refractivity contribution in [2.24, 2.45) is 0 Å². The molecule has 1 aromatic heterocycles. The molecule has 0 aliphatic carbocycles. The number of carbonyl (C=O) groups is 1. The minimum Gasteiger partial charge on any atom is -0.384 e. The largest absolute Gasteiger partial charge is 0.416 e. The van der Waals surface area contributed by atoms with E-state index in [2.05, 4.69) is 15.6 Å². The minimum absolute atomic E-state index is 0.335. The van der Waals surface area contributed by atoms with Crippen molar-refractivity contribution in [3.05, 3.63) is 71.9 Å². The second-order valence-electron chi connectivity index (χ2n) is 6.50. The lowest BCUT2D eigenvalue weighted by atomic mass is 9.95. The lowest BCUT2D eigenvalue weighted by molar-refractivity contribution is -0.137. The number of carbonyl (C=O) groups excluding carboxylic acids is 1. The van der Waals surface area contributed by atoms with Crippen LogP contribution in [0.4, 0.5) is 24.5 Å². The molecule has 142 valence electrons. The molecule has 1 amide bonds. The predicted octanol–water partition coefficient (Wildman–Crippen LogP) is 5.09. The molecule has 4 rings (SSSR count). The maximum absolute atomic E-state index is 12.9. The van der Waals surface area contributed by atoms with Crippen LogP contribution >= 0.6 is 0 Å². The minimum atomic E-state index is -4.40. The summed E-state index contributed by atoms with van der Waals surface area (Å²) in [5, 5.41) is 6.72. The number of hydrogen-bond donors (Lipinski definition) is 2. The van der Waals surface area contributed by atoms with Crippen molar-refractivity contribution >= 4 is 33.8 Å². The predicted molar refractivity (Wildman–Crippen MR) is 103 cm³/mol. The fourth-order valence-electron chi connectivity index (χ4n) is 3.24. The number of alkyl halides is 3. The molecule has 0 spiro atoms. The van der Waals surface area contributed by atoms with Gasteiger partial charge in [-0.15, -0.1) is 0 Å². The van der Waals surface area contributed by atoms with E-state index in [9.17, 15) is 18.0 Å². The molecule has 2 heterocycles. The van der Waals surface area contributed by atoms with E-state index in [1.54, 1.807) is 18.3 Å². The first kappa shape index (κ1) is 18.0. The summed E-state index contributed by atoms with van der Waals surface area (Å²) in [5.74, 6) is -0.335. The first-order chi connectivity index (χ1) is 13.4. The third kappa shape index (κ3) is 3.69. The van der Waals surface area contributed by atoms with Crippen LogP contribution in [0, 0.1) is 0 Å². The Morgan fingerprint density at radius 3 is 2.82 bits per heavy atom. The van der Waals surface area contributed by atoms with Gasteiger partial charge < -0.3 is 10.6 Å². The summed E-state index contributed by atoms with van der Waals surface area (Å²) in [6, 6.07) is 12.7. The molecule has 4 nitrogen and oxygen atoms in total. The third-order valence-corrected chi connectivity index (χ3v) is 4.58. The zero-order chi connectivity index (χ0) is 19.7. The zero-order valence-corrected chi connectivity index (χ0v) is 14.7. The standard InChI is InChI=1S/C21H16F3N3O/c22-21(23,24)15-4-6-17-14(7-9-26-19(17)11-15)10-20(28)27-16-5-3-13-2-1-8-25-18(13)12-16/h1-6,8,10-12,26H,7,9H2,(H,27,28). The molecule has 0 radical (unpaired) electrons. The number of nitrogens with zero attached hydrogens (tertiary/aromatic N) is 1. The van der Waals surface area contributed by atoms with Crippen LogP contribution < -0.4 is 10.6 Å². The van der Waals surface area contributed by atoms with E-state index in [1.807, 2.05) is 18.2 Å². The highest BCUT2D eigenvalue weighted by Gasteiger charge is 2.31. The normalized spacial score (nSPS) is 15.2. The second kappa shape index (κ2) is 6.99. The third-order valence-electron chi connectivity index (χ3n) is 4.58. The molecule has 1 aliphatic rings. The van der Waals surface area contributed by atoms with E-state index < -0.39 is 11.7 Å². The molecule has 2 N–H and O–H groups in total. The van der Waals surface area contributed by atoms with Crippen LogP contribution in [0.25, 0.3) is 16.5 Å². The van der Waals surface area contributed by atoms with Gasteiger partial charge in [0.15, 0.2) is 0 Å². The summed E-state index contributed by atoms with van der Waals surface area (Å²) in [5.41, 5.74) is 2.34. The number of anilines is 2. The Bertz CT molecular complexity index is 1090. The number of benzene rings is 2. The molecule has 0 unspecified atom stereocenters. The summed E-state index contributed by atoms with van der Waals surface area (Å²) in [4.78, 5) is 16.7. The number of nitrogens with one attached hydrogen (secondary N) is 2. The van der Waals surface area contributed by atoms with Crippen LogP contribution in [0.3, 0.4) is 0 Å². The van der Waals surface area contributed by atoms with E-state index in [1.165, 1.54) is 12.1 Å². The van der Waals surface area contributed by atoms with Crippen molar-refractivity contribution < 1.29 is 18.0 Å². The van der Waals surface area contributed by atoms with Gasteiger partial charge in [0.2, 0.25) is 5.91 Å². The van der Waals surface area contributed by atoms with Gasteiger partial charge >= 0.3 is 6.18 Å². The van der Waals surface area contributed by atoms with Crippen LogP contribution in [0.15, 0.2) is 60.8 Å². The SMILES string of the molecule is O=C(C=C1CCNc2cc(C(F)(F)F)ccc21)Nc1ccc2cccnc2c1. The van der Waals surface area contributed by atoms with E-state index >= 15 is 0 Å². The number of fused-ring (bicyclic) bond motifs is 2. The molecule has 0 fully saturated rings. The first-order valence-electron chi connectivity index (χ1n) is 8.72. The van der Waals surface area contributed by atoms with E-state index in [4.69, 9.17) is 0 Å². The van der Waals surface area contributed by atoms with Gasteiger partial charge in [-0.3, -0.25) is 9.78 Å². The summed E-state index contributed by atoms with van der Waals surface area (Å²) < 4.78 is 38.7. The van der Waals surface area contributed by atoms with Crippen molar-refractivity contribution in [3.63, 3.8) is 0 Å². The molecule has 0 atom stereocenters. The average Bonchev–Trinajstić information content (AvgIpc) is 2.67. The van der Waals surface area contributed by atoms with Crippen molar-refractivity contribution in [1.82, 2.24) is 4.98 Å². The Morgan fingerprint density at radius 2 is 2.00 bits per heavy atom. The van der Waals surface area contributed by atoms with Crippen LogP contribution in [0.2, 0.25) is 0 Å². The van der Waals surface area contributed by atoms with Gasteiger partial charge in [-0.25, -0.2) is 0 Å². The van der Waals surface area contributed by atoms with Crippen LogP contribution in [-0.2, 0) is 11.0 Å². The Hall–Kier alpha value is -3.35. The number of hydrogen-bond acceptors (Lipinski definition) is 3. The molecule has 0 saturated carbocycles. The Morgan fingerprint density at radius 1 is 1.14 bits per heavy atom. The van der Waals surface area contributed by atoms with Gasteiger partial charge in [0.25, 0.3) is 0 Å². The van der Waals surface area contributed by atoms with Gasteiger partial charge in [-0.05, 0) is 42.3 Å². The van der Waals surface area contributed by atoms with Gasteiger partial charge in [-0.1, -0.05) is 18.2 Å². The van der Waals surface area contributed by atoms with Gasteiger partial charge in [0.1, 0.15) is 0 Å². The van der Waals surface area contributed by atoms with Gasteiger partial charge in [0, 0.05) is 41.1 Å². The van der Waals surface area contributed by atoms with Crippen molar-refractivity contribution in [1.29, 1.82) is 0 Å². The number of amides is 1. The Balaban J connectivity index is 1.58. The number of aromatic nitrogens is 1. The topological polar surface area (TPSA) is 54.0 Å². The van der Waals surface area contributed by atoms with E-state index in [0.717, 1.165) is 23.0 Å². The lowest BCUT2D eigenvalue weighted by Crippen LogP contribution is -2.15. The Kier molecular flexibility index (Phi) is 4.50. The molecular weight excluding hydrogens is 367 g/mol. The molecule has 2 aromatic carbocycles. The maximum atomic E-state index is 12.9. The highest BCUT2D eigenvalue weighted by Crippen LogP contribution is 2.37. The smallest absolute Gasteiger partial charge is 0.384 e. The number of rotatable bonds is 2. The van der Waals surface area contributed by atoms with E-state index in [0.29, 0.717) is 35.5 Å². The molecular formula is C21H16F3N3O. The highest BCUT2D eigenvalue weighted by molar-refractivity contribution is 6.05. The summed E-state index contributed by atoms with van der Waals surface area (Å²) in [6.07, 6.45) is -0.739. The molecule has 28 heavy (non-hydrogen) atoms. The Labute approximate surface area is 159 Å². The summed E-state index contributed by atoms with van der Waals surface area (Å²) in [6.45, 7) is 0.466. The molecule has 7 heteroatoms. The van der Waals surface area contributed by atoms with Crippen LogP contribution in [-0.4, -0.2) is 17.4 Å². The zero-order valence-electron chi connectivity index (χ0n) is 14.7. The highest BCUT2D eigenvalue weighted by atomic mass is 19.4. The number of pyridine rings is 1. The van der Waals surface area contributed by atoms with Crippen molar-refractivity contribution in [2.45, 2.75) is 12.6 Å². The molecule has 3 aromatic rings. The molecule has 1 aliphatic heterocycles. The fraction of sp³-hybridized carbons (Fsp3) is 0.143. The van der Waals surface area contributed by atoms with Crippen molar-refractivity contribution in [3.8, 4) is 0 Å². The molecule has 0 saturated heterocycles. The monoisotopic (exact) mass is 383 g/mol. The van der Waals surface area contributed by atoms with Gasteiger partial charge in [-0.2, -0.15) is 13.2 Å². The van der Waals surface area contributed by atoms with Crippen molar-refractivity contribution in [2.75, 3.05) is 17.2 Å². The lowest BCUT2D eigenvalue weighted by Gasteiger charge is -2.22. The quantitative estimate of drug-likeness (QED) is 0.606. The van der Waals surface area contributed by atoms with E-state index in [-0.39, 0.29) is 5.91 Å². The fourth-order valence-corrected chi connectivity index (χ4v) is 3.24. The first-order valence-corrected chi connectivity index (χ1v) is 8.72. The average molecular weight is 383 g/mol. The van der Waals surface area contributed by atoms with Crippen LogP contribution in [0.5, 0.6) is 0 Å². The van der Waals surface area contributed by atoms with Gasteiger partial charge in [0.05, 0.1) is 11.1 Å². The number of halogens is 3. The summed E-state index contributed by atoms with van der Waals surface area (Å²) >= 11 is 0. The second-order valence-corrected chi connectivity index (χ2v) is 6.50. The molecule has 0 bridgehead atoms. The maximum Gasteiger partial charge on any atom is 0.416 e. The van der Waals surface area contributed by atoms with Crippen LogP contribution in [0.1, 0.15) is 17.5 Å². The summed E-state index contributed by atoms with van der Waals surface area (Å²) in [7, 11) is 0.